The molecule has 0 spiro atoms. The van der Waals surface area contributed by atoms with Crippen molar-refractivity contribution in [2.24, 2.45) is 5.92 Å². The van der Waals surface area contributed by atoms with Gasteiger partial charge in [-0.2, -0.15) is 4.98 Å². The van der Waals surface area contributed by atoms with Crippen molar-refractivity contribution in [1.29, 1.82) is 0 Å². The van der Waals surface area contributed by atoms with Crippen molar-refractivity contribution in [2.75, 3.05) is 88.7 Å². The highest BCUT2D eigenvalue weighted by Gasteiger charge is 2.37. The van der Waals surface area contributed by atoms with Gasteiger partial charge in [0.1, 0.15) is 23.1 Å². The van der Waals surface area contributed by atoms with Gasteiger partial charge in [-0.1, -0.05) is 11.6 Å². The number of aromatic nitrogens is 3. The summed E-state index contributed by atoms with van der Waals surface area (Å²) in [6.07, 6.45) is 4.87. The Kier molecular flexibility index (Phi) is 13.8. The second-order valence-electron chi connectivity index (χ2n) is 16.2. The van der Waals surface area contributed by atoms with Gasteiger partial charge in [-0.25, -0.2) is 4.98 Å². The standard InChI is InChI=1S/C44H55ClN10O7/c1-27(2)55-34-9-8-31(19-29(34)21-38(43(55)60)62-26-39(57)46-3)49-40-33(45)23-48-44(50-40)53-16-14-51(15-17-53)24-28-10-12-52(13-11-28)36-20-30-25-54(35(7-6-18-56)41(58)47-4)42(59)32(30)22-37(36)61-5/h8-9,18-23,27-28,35H,6-7,10-17,24-26H2,1-5H3,(H,46,57)(H,47,58)(H,48,49,50). The van der Waals surface area contributed by atoms with E-state index in [1.807, 2.05) is 38.1 Å². The molecule has 3 N–H and O–H groups in total. The Bertz CT molecular complexity index is 2380. The van der Waals surface area contributed by atoms with Gasteiger partial charge in [-0.3, -0.25) is 24.1 Å². The van der Waals surface area contributed by atoms with Crippen LogP contribution in [0.2, 0.25) is 5.02 Å². The van der Waals surface area contributed by atoms with Crippen molar-refractivity contribution in [3.63, 3.8) is 0 Å². The van der Waals surface area contributed by atoms with Gasteiger partial charge in [0.2, 0.25) is 11.9 Å². The Balaban J connectivity index is 0.947. The third-order valence-corrected chi connectivity index (χ3v) is 12.3. The zero-order valence-corrected chi connectivity index (χ0v) is 36.7. The van der Waals surface area contributed by atoms with E-state index < -0.39 is 6.04 Å². The molecule has 3 amide bonds. The highest BCUT2D eigenvalue weighted by molar-refractivity contribution is 6.33. The zero-order chi connectivity index (χ0) is 44.1. The number of pyridine rings is 1. The average molecular weight is 871 g/mol. The highest BCUT2D eigenvalue weighted by atomic mass is 35.5. The molecule has 18 heteroatoms. The minimum Gasteiger partial charge on any atom is -0.495 e. The summed E-state index contributed by atoms with van der Waals surface area (Å²) in [6.45, 7) is 9.84. The maximum absolute atomic E-state index is 13.5. The molecule has 1 atom stereocenters. The van der Waals surface area contributed by atoms with Gasteiger partial charge in [0.15, 0.2) is 18.2 Å². The van der Waals surface area contributed by atoms with Crippen LogP contribution in [-0.2, 0) is 20.9 Å². The molecule has 2 fully saturated rings. The number of anilines is 4. The number of nitrogens with zero attached hydrogens (tertiary/aromatic N) is 7. The molecule has 5 heterocycles. The van der Waals surface area contributed by atoms with Crippen LogP contribution in [0.5, 0.6) is 11.5 Å². The summed E-state index contributed by atoms with van der Waals surface area (Å²) in [5, 5.41) is 9.60. The molecular weight excluding hydrogens is 816 g/mol. The molecule has 3 aliphatic rings. The van der Waals surface area contributed by atoms with E-state index in [0.29, 0.717) is 46.3 Å². The number of carbonyl (C=O) groups is 4. The van der Waals surface area contributed by atoms with E-state index in [0.717, 1.165) is 87.1 Å². The van der Waals surface area contributed by atoms with Crippen molar-refractivity contribution < 1.29 is 28.7 Å². The first kappa shape index (κ1) is 44.1. The minimum absolute atomic E-state index is 0.0889. The van der Waals surface area contributed by atoms with E-state index in [-0.39, 0.29) is 54.5 Å². The Hall–Kier alpha value is -5.94. The summed E-state index contributed by atoms with van der Waals surface area (Å²) in [7, 11) is 4.66. The number of rotatable bonds is 16. The van der Waals surface area contributed by atoms with Crippen LogP contribution in [0.4, 0.5) is 23.1 Å². The molecule has 0 radical (unpaired) electrons. The second kappa shape index (κ2) is 19.4. The van der Waals surface area contributed by atoms with Crippen molar-refractivity contribution in [3.05, 3.63) is 69.1 Å². The van der Waals surface area contributed by atoms with Crippen LogP contribution in [0.3, 0.4) is 0 Å². The Labute approximate surface area is 365 Å². The van der Waals surface area contributed by atoms with E-state index in [4.69, 9.17) is 26.1 Å². The third-order valence-electron chi connectivity index (χ3n) is 12.0. The number of hydrogen-bond donors (Lipinski definition) is 3. The molecule has 0 aliphatic carbocycles. The van der Waals surface area contributed by atoms with Crippen LogP contribution in [0.25, 0.3) is 10.9 Å². The molecule has 2 saturated heterocycles. The van der Waals surface area contributed by atoms with E-state index in [2.05, 4.69) is 35.6 Å². The summed E-state index contributed by atoms with van der Waals surface area (Å²) in [5.41, 5.74) is 3.46. The summed E-state index contributed by atoms with van der Waals surface area (Å²) in [6, 6.07) is 10.2. The van der Waals surface area contributed by atoms with Crippen molar-refractivity contribution in [2.45, 2.75) is 58.2 Å². The predicted octanol–water partition coefficient (Wildman–Crippen LogP) is 3.99. The number of benzene rings is 2. The van der Waals surface area contributed by atoms with Gasteiger partial charge in [-0.15, -0.1) is 0 Å². The molecule has 17 nitrogen and oxygen atoms in total. The van der Waals surface area contributed by atoms with Crippen molar-refractivity contribution in [1.82, 2.24) is 35.0 Å². The Morgan fingerprint density at radius 3 is 2.40 bits per heavy atom. The monoisotopic (exact) mass is 870 g/mol. The number of aldehydes is 1. The average Bonchev–Trinajstić information content (AvgIpc) is 3.60. The van der Waals surface area contributed by atoms with Gasteiger partial charge in [0.25, 0.3) is 17.4 Å². The first-order chi connectivity index (χ1) is 29.9. The van der Waals surface area contributed by atoms with Gasteiger partial charge >= 0.3 is 0 Å². The molecule has 7 rings (SSSR count). The molecule has 2 aromatic carbocycles. The lowest BCUT2D eigenvalue weighted by Gasteiger charge is -2.39. The topological polar surface area (TPSA) is 184 Å². The fourth-order valence-electron chi connectivity index (χ4n) is 8.65. The van der Waals surface area contributed by atoms with E-state index in [1.54, 1.807) is 34.9 Å². The number of fused-ring (bicyclic) bond motifs is 2. The number of amides is 3. The van der Waals surface area contributed by atoms with Crippen molar-refractivity contribution >= 4 is 69.7 Å². The predicted molar refractivity (Wildman–Crippen MR) is 238 cm³/mol. The van der Waals surface area contributed by atoms with E-state index in [9.17, 15) is 24.0 Å². The zero-order valence-electron chi connectivity index (χ0n) is 35.9. The lowest BCUT2D eigenvalue weighted by molar-refractivity contribution is -0.125. The molecule has 330 valence electrons. The molecule has 4 aromatic rings. The molecular formula is C44H55ClN10O7. The molecule has 0 saturated carbocycles. The first-order valence-corrected chi connectivity index (χ1v) is 21.5. The van der Waals surface area contributed by atoms with Crippen molar-refractivity contribution in [3.8, 4) is 11.5 Å². The number of ether oxygens (including phenoxy) is 2. The van der Waals surface area contributed by atoms with Crippen LogP contribution in [0.1, 0.15) is 61.5 Å². The lowest BCUT2D eigenvalue weighted by Crippen LogP contribution is -2.49. The van der Waals surface area contributed by atoms with Crippen LogP contribution >= 0.6 is 11.6 Å². The van der Waals surface area contributed by atoms with Gasteiger partial charge in [0.05, 0.1) is 24.5 Å². The van der Waals surface area contributed by atoms with Gasteiger partial charge in [-0.05, 0) is 81.0 Å². The third kappa shape index (κ3) is 9.43. The minimum atomic E-state index is -0.721. The smallest absolute Gasteiger partial charge is 0.293 e. The van der Waals surface area contributed by atoms with Crippen LogP contribution in [0.15, 0.2) is 47.4 Å². The second-order valence-corrected chi connectivity index (χ2v) is 16.6. The SMILES string of the molecule is CNC(=O)COc1cc2cc(Nc3nc(N4CCN(CC5CCN(c6cc7c(cc6OC)C(=O)N(C(CCC=O)C(=O)NC)C7)CC5)CC4)ncc3Cl)ccc2n(C(C)C)c1=O. The molecule has 1 unspecified atom stereocenters. The van der Waals surface area contributed by atoms with Gasteiger partial charge in [0, 0.05) is 95.6 Å². The first-order valence-electron chi connectivity index (χ1n) is 21.1. The largest absolute Gasteiger partial charge is 0.495 e. The summed E-state index contributed by atoms with van der Waals surface area (Å²) >= 11 is 6.61. The fourth-order valence-corrected chi connectivity index (χ4v) is 8.79. The van der Waals surface area contributed by atoms with E-state index in [1.165, 1.54) is 14.1 Å². The summed E-state index contributed by atoms with van der Waals surface area (Å²) < 4.78 is 13.1. The molecule has 0 bridgehead atoms. The number of hydrogen-bond acceptors (Lipinski definition) is 13. The molecule has 2 aromatic heterocycles. The molecule has 3 aliphatic heterocycles. The van der Waals surface area contributed by atoms with Crippen LogP contribution in [0, 0.1) is 5.92 Å². The quantitative estimate of drug-likeness (QED) is 0.138. The number of halogens is 1. The summed E-state index contributed by atoms with van der Waals surface area (Å²) in [5.74, 6) is 1.45. The molecule has 62 heavy (non-hydrogen) atoms. The fraction of sp³-hybridized carbons (Fsp3) is 0.477. The number of likely N-dealkylation sites (N-methyl/N-ethyl adjacent to an activating group) is 2. The number of methoxy groups -OCH3 is 1. The maximum atomic E-state index is 13.5. The van der Waals surface area contributed by atoms with Crippen LogP contribution in [-0.4, -0.2) is 128 Å². The lowest BCUT2D eigenvalue weighted by atomic mass is 9.95. The van der Waals surface area contributed by atoms with Crippen LogP contribution < -0.4 is 40.8 Å². The normalized spacial score (nSPS) is 16.4. The number of carbonyl (C=O) groups excluding carboxylic acids is 4. The number of piperidine rings is 1. The maximum Gasteiger partial charge on any atom is 0.293 e. The Morgan fingerprint density at radius 2 is 1.73 bits per heavy atom. The van der Waals surface area contributed by atoms with Gasteiger partial charge < -0.3 is 49.5 Å². The Morgan fingerprint density at radius 1 is 0.968 bits per heavy atom. The van der Waals surface area contributed by atoms with E-state index >= 15 is 0 Å². The summed E-state index contributed by atoms with van der Waals surface area (Å²) in [4.78, 5) is 80.3. The number of nitrogens with one attached hydrogen (secondary N) is 3. The number of piperazine rings is 1. The highest BCUT2D eigenvalue weighted by Crippen LogP contribution is 2.39.